The first-order valence-electron chi connectivity index (χ1n) is 10.9. The van der Waals surface area contributed by atoms with Gasteiger partial charge >= 0.3 is 0 Å². The SMILES string of the molecule is CC1CCCCN1CC1CCCN(C(=O)CC2CC3CCC(C2)N3)C1. The van der Waals surface area contributed by atoms with Gasteiger partial charge in [-0.25, -0.2) is 0 Å². The van der Waals surface area contributed by atoms with Crippen molar-refractivity contribution in [2.75, 3.05) is 26.2 Å². The predicted molar refractivity (Wildman–Crippen MR) is 101 cm³/mol. The maximum atomic E-state index is 12.9. The number of nitrogens with zero attached hydrogens (tertiary/aromatic N) is 2. The van der Waals surface area contributed by atoms with E-state index in [0.717, 1.165) is 25.6 Å². The fourth-order valence-electron chi connectivity index (χ4n) is 5.92. The van der Waals surface area contributed by atoms with Gasteiger partial charge in [0.1, 0.15) is 0 Å². The Kier molecular flexibility index (Phi) is 5.66. The third-order valence-corrected chi connectivity index (χ3v) is 7.34. The summed E-state index contributed by atoms with van der Waals surface area (Å²) in [6.45, 7) is 6.88. The highest BCUT2D eigenvalue weighted by molar-refractivity contribution is 5.76. The fourth-order valence-corrected chi connectivity index (χ4v) is 5.92. The number of piperidine rings is 3. The van der Waals surface area contributed by atoms with Crippen LogP contribution < -0.4 is 5.32 Å². The zero-order chi connectivity index (χ0) is 17.2. The summed E-state index contributed by atoms with van der Waals surface area (Å²) in [7, 11) is 0. The van der Waals surface area contributed by atoms with E-state index in [-0.39, 0.29) is 0 Å². The molecule has 0 spiro atoms. The number of hydrogen-bond donors (Lipinski definition) is 1. The Morgan fingerprint density at radius 2 is 1.76 bits per heavy atom. The number of carbonyl (C=O) groups excluding carboxylic acids is 1. The second-order valence-electron chi connectivity index (χ2n) is 9.37. The largest absolute Gasteiger partial charge is 0.342 e. The first-order valence-corrected chi connectivity index (χ1v) is 10.9. The minimum absolute atomic E-state index is 0.447. The molecule has 4 aliphatic heterocycles. The molecule has 4 heterocycles. The first kappa shape index (κ1) is 17.8. The van der Waals surface area contributed by atoms with Crippen LogP contribution in [0.2, 0.25) is 0 Å². The van der Waals surface area contributed by atoms with E-state index in [4.69, 9.17) is 0 Å². The van der Waals surface area contributed by atoms with Crippen LogP contribution in [0.15, 0.2) is 0 Å². The normalized spacial score (nSPS) is 39.6. The summed E-state index contributed by atoms with van der Waals surface area (Å²) < 4.78 is 0. The number of hydrogen-bond acceptors (Lipinski definition) is 3. The highest BCUT2D eigenvalue weighted by Gasteiger charge is 2.35. The summed E-state index contributed by atoms with van der Waals surface area (Å²) in [5.41, 5.74) is 0. The van der Waals surface area contributed by atoms with Crippen molar-refractivity contribution in [3.05, 3.63) is 0 Å². The summed E-state index contributed by atoms with van der Waals surface area (Å²) in [5, 5.41) is 3.70. The Balaban J connectivity index is 1.26. The number of nitrogens with one attached hydrogen (secondary N) is 1. The molecule has 4 nitrogen and oxygen atoms in total. The number of carbonyl (C=O) groups is 1. The molecule has 0 aromatic rings. The highest BCUT2D eigenvalue weighted by Crippen LogP contribution is 2.33. The number of amides is 1. The summed E-state index contributed by atoms with van der Waals surface area (Å²) in [4.78, 5) is 17.8. The summed E-state index contributed by atoms with van der Waals surface area (Å²) in [6, 6.07) is 2.14. The zero-order valence-electron chi connectivity index (χ0n) is 16.1. The molecule has 4 rings (SSSR count). The molecule has 1 amide bonds. The number of likely N-dealkylation sites (tertiary alicyclic amines) is 2. The summed E-state index contributed by atoms with van der Waals surface area (Å²) in [6.07, 6.45) is 12.5. The molecule has 0 aromatic carbocycles. The van der Waals surface area contributed by atoms with Crippen molar-refractivity contribution >= 4 is 5.91 Å². The molecule has 0 aromatic heterocycles. The topological polar surface area (TPSA) is 35.6 Å². The van der Waals surface area contributed by atoms with Crippen LogP contribution in [-0.4, -0.2) is 60.0 Å². The summed E-state index contributed by atoms with van der Waals surface area (Å²) in [5.74, 6) is 1.78. The Morgan fingerprint density at radius 3 is 2.52 bits per heavy atom. The van der Waals surface area contributed by atoms with Crippen LogP contribution in [0.25, 0.3) is 0 Å². The molecular weight excluding hydrogens is 310 g/mol. The van der Waals surface area contributed by atoms with E-state index in [1.165, 1.54) is 70.9 Å². The van der Waals surface area contributed by atoms with Crippen LogP contribution in [0, 0.1) is 11.8 Å². The average molecular weight is 348 g/mol. The molecular formula is C21H37N3O. The molecule has 0 saturated carbocycles. The van der Waals surface area contributed by atoms with Gasteiger partial charge in [0, 0.05) is 44.2 Å². The van der Waals surface area contributed by atoms with E-state index in [0.29, 0.717) is 29.8 Å². The van der Waals surface area contributed by atoms with Gasteiger partial charge < -0.3 is 15.1 Å². The lowest BCUT2D eigenvalue weighted by Gasteiger charge is -2.40. The lowest BCUT2D eigenvalue weighted by atomic mass is 9.88. The predicted octanol–water partition coefficient (Wildman–Crippen LogP) is 3.02. The fraction of sp³-hybridized carbons (Fsp3) is 0.952. The van der Waals surface area contributed by atoms with E-state index in [2.05, 4.69) is 22.0 Å². The van der Waals surface area contributed by atoms with Crippen LogP contribution in [0.3, 0.4) is 0 Å². The van der Waals surface area contributed by atoms with E-state index in [1.54, 1.807) is 0 Å². The molecule has 4 aliphatic rings. The van der Waals surface area contributed by atoms with Crippen molar-refractivity contribution in [2.24, 2.45) is 11.8 Å². The van der Waals surface area contributed by atoms with Gasteiger partial charge in [0.05, 0.1) is 0 Å². The Morgan fingerprint density at radius 1 is 0.960 bits per heavy atom. The average Bonchev–Trinajstić information content (AvgIpc) is 2.96. The second kappa shape index (κ2) is 7.96. The van der Waals surface area contributed by atoms with E-state index < -0.39 is 0 Å². The minimum Gasteiger partial charge on any atom is -0.342 e. The number of fused-ring (bicyclic) bond motifs is 2. The van der Waals surface area contributed by atoms with Gasteiger partial charge in [-0.2, -0.15) is 0 Å². The third-order valence-electron chi connectivity index (χ3n) is 7.34. The lowest BCUT2D eigenvalue weighted by molar-refractivity contribution is -0.134. The molecule has 4 unspecified atom stereocenters. The molecule has 4 fully saturated rings. The van der Waals surface area contributed by atoms with Gasteiger partial charge in [0.15, 0.2) is 0 Å². The molecule has 25 heavy (non-hydrogen) atoms. The monoisotopic (exact) mass is 347 g/mol. The maximum Gasteiger partial charge on any atom is 0.222 e. The molecule has 1 N–H and O–H groups in total. The molecule has 0 radical (unpaired) electrons. The van der Waals surface area contributed by atoms with Gasteiger partial charge in [-0.3, -0.25) is 4.79 Å². The standard InChI is InChI=1S/C21H37N3O/c1-16-5-2-3-9-23(16)14-17-6-4-10-24(15-17)21(25)13-18-11-19-7-8-20(12-18)22-19/h16-20,22H,2-15H2,1H3. The molecule has 4 saturated heterocycles. The quantitative estimate of drug-likeness (QED) is 0.849. The second-order valence-corrected chi connectivity index (χ2v) is 9.37. The minimum atomic E-state index is 0.447. The van der Waals surface area contributed by atoms with Crippen LogP contribution in [0.4, 0.5) is 0 Å². The first-order chi connectivity index (χ1) is 12.2. The van der Waals surface area contributed by atoms with Gasteiger partial charge in [-0.1, -0.05) is 6.42 Å². The van der Waals surface area contributed by atoms with Gasteiger partial charge in [-0.05, 0) is 76.7 Å². The summed E-state index contributed by atoms with van der Waals surface area (Å²) >= 11 is 0. The van der Waals surface area contributed by atoms with Crippen LogP contribution in [-0.2, 0) is 4.79 Å². The van der Waals surface area contributed by atoms with Crippen LogP contribution in [0.5, 0.6) is 0 Å². The Hall–Kier alpha value is -0.610. The van der Waals surface area contributed by atoms with E-state index >= 15 is 0 Å². The van der Waals surface area contributed by atoms with Crippen molar-refractivity contribution in [3.63, 3.8) is 0 Å². The Labute approximate surface area is 153 Å². The van der Waals surface area contributed by atoms with Crippen molar-refractivity contribution < 1.29 is 4.79 Å². The van der Waals surface area contributed by atoms with Crippen LogP contribution >= 0.6 is 0 Å². The molecule has 0 aliphatic carbocycles. The molecule has 142 valence electrons. The van der Waals surface area contributed by atoms with Gasteiger partial charge in [0.25, 0.3) is 0 Å². The Bertz CT molecular complexity index is 456. The smallest absolute Gasteiger partial charge is 0.222 e. The van der Waals surface area contributed by atoms with Gasteiger partial charge in [-0.15, -0.1) is 0 Å². The van der Waals surface area contributed by atoms with Gasteiger partial charge in [0.2, 0.25) is 5.91 Å². The molecule has 4 heteroatoms. The molecule has 4 atom stereocenters. The van der Waals surface area contributed by atoms with E-state index in [1.807, 2.05) is 0 Å². The highest BCUT2D eigenvalue weighted by atomic mass is 16.2. The lowest BCUT2D eigenvalue weighted by Crippen LogP contribution is -2.47. The van der Waals surface area contributed by atoms with Crippen molar-refractivity contribution in [1.82, 2.24) is 15.1 Å². The van der Waals surface area contributed by atoms with Crippen molar-refractivity contribution in [2.45, 2.75) is 89.3 Å². The maximum absolute atomic E-state index is 12.9. The van der Waals surface area contributed by atoms with Crippen LogP contribution in [0.1, 0.15) is 71.1 Å². The van der Waals surface area contributed by atoms with E-state index in [9.17, 15) is 4.79 Å². The third kappa shape index (κ3) is 4.39. The number of rotatable bonds is 4. The van der Waals surface area contributed by atoms with Crippen molar-refractivity contribution in [3.8, 4) is 0 Å². The van der Waals surface area contributed by atoms with Crippen molar-refractivity contribution in [1.29, 1.82) is 0 Å². The zero-order valence-corrected chi connectivity index (χ0v) is 16.1. The molecule has 2 bridgehead atoms.